The van der Waals surface area contributed by atoms with Crippen LogP contribution in [0.5, 0.6) is 0 Å². The van der Waals surface area contributed by atoms with Gasteiger partial charge in [0.15, 0.2) is 0 Å². The largest absolute Gasteiger partial charge is 1.00 e. The van der Waals surface area contributed by atoms with Crippen LogP contribution in [0.4, 0.5) is 0 Å². The average Bonchev–Trinajstić information content (AvgIpc) is 2.11. The number of unbranched alkanes of at least 4 members (excludes halogenated alkanes) is 3. The van der Waals surface area contributed by atoms with Crippen molar-refractivity contribution in [3.05, 3.63) is 0 Å². The number of likely N-dealkylation sites (N-methyl/N-ethyl adjacent to an activating group) is 1. The fraction of sp³-hybridized carbons (Fsp3) is 0.900. The van der Waals surface area contributed by atoms with E-state index in [-0.39, 0.29) is 42.6 Å². The van der Waals surface area contributed by atoms with Crippen molar-refractivity contribution in [3.8, 4) is 0 Å². The van der Waals surface area contributed by atoms with Crippen molar-refractivity contribution < 1.29 is 44.6 Å². The van der Waals surface area contributed by atoms with Crippen molar-refractivity contribution in [1.82, 2.24) is 4.90 Å². The Morgan fingerprint density at radius 1 is 1.20 bits per heavy atom. The third-order valence-electron chi connectivity index (χ3n) is 2.15. The van der Waals surface area contributed by atoms with Crippen LogP contribution in [0.3, 0.4) is 0 Å². The SMILES string of the molecule is CN(CCO)CCCCCCC(=O)[O-].[Na+]. The van der Waals surface area contributed by atoms with E-state index in [4.69, 9.17) is 5.11 Å². The minimum absolute atomic E-state index is 0. The van der Waals surface area contributed by atoms with Crippen LogP contribution in [-0.2, 0) is 4.79 Å². The molecular formula is C10H20NNaO3. The number of rotatable bonds is 9. The molecule has 0 bridgehead atoms. The molecule has 0 aliphatic carbocycles. The monoisotopic (exact) mass is 225 g/mol. The first kappa shape index (κ1) is 17.8. The van der Waals surface area contributed by atoms with Gasteiger partial charge in [-0.15, -0.1) is 0 Å². The van der Waals surface area contributed by atoms with Gasteiger partial charge in [0.1, 0.15) is 0 Å². The van der Waals surface area contributed by atoms with E-state index in [1.54, 1.807) is 0 Å². The number of carboxylic acid groups (broad SMARTS) is 1. The Balaban J connectivity index is 0. The topological polar surface area (TPSA) is 63.6 Å². The van der Waals surface area contributed by atoms with Gasteiger partial charge < -0.3 is 19.9 Å². The van der Waals surface area contributed by atoms with E-state index in [2.05, 4.69) is 4.90 Å². The van der Waals surface area contributed by atoms with Crippen molar-refractivity contribution in [2.75, 3.05) is 26.7 Å². The molecule has 15 heavy (non-hydrogen) atoms. The number of hydrogen-bond acceptors (Lipinski definition) is 4. The van der Waals surface area contributed by atoms with Gasteiger partial charge in [0.2, 0.25) is 0 Å². The summed E-state index contributed by atoms with van der Waals surface area (Å²) in [6.07, 6.45) is 3.94. The maximum absolute atomic E-state index is 10.1. The molecule has 4 nitrogen and oxygen atoms in total. The summed E-state index contributed by atoms with van der Waals surface area (Å²) in [6.45, 7) is 1.87. The molecule has 0 spiro atoms. The molecule has 0 atom stereocenters. The first-order valence-electron chi connectivity index (χ1n) is 5.16. The Kier molecular flexibility index (Phi) is 14.8. The standard InChI is InChI=1S/C10H21NO3.Na/c1-11(8-9-12)7-5-3-2-4-6-10(13)14;/h12H,2-9H2,1H3,(H,13,14);/q;+1/p-1. The van der Waals surface area contributed by atoms with Crippen molar-refractivity contribution in [2.45, 2.75) is 32.1 Å². The Morgan fingerprint density at radius 2 is 1.80 bits per heavy atom. The summed E-state index contributed by atoms with van der Waals surface area (Å²) in [7, 11) is 1.97. The molecule has 0 rings (SSSR count). The molecule has 5 heteroatoms. The molecule has 0 heterocycles. The normalized spacial score (nSPS) is 10.1. The van der Waals surface area contributed by atoms with E-state index in [1.807, 2.05) is 7.05 Å². The van der Waals surface area contributed by atoms with Gasteiger partial charge >= 0.3 is 29.6 Å². The van der Waals surface area contributed by atoms with Gasteiger partial charge in [-0.25, -0.2) is 0 Å². The summed E-state index contributed by atoms with van der Waals surface area (Å²) >= 11 is 0. The fourth-order valence-corrected chi connectivity index (χ4v) is 1.29. The second kappa shape index (κ2) is 12.5. The van der Waals surface area contributed by atoms with E-state index < -0.39 is 5.97 Å². The van der Waals surface area contributed by atoms with Gasteiger partial charge in [-0.1, -0.05) is 12.8 Å². The van der Waals surface area contributed by atoms with Gasteiger partial charge in [-0.05, 0) is 32.9 Å². The van der Waals surface area contributed by atoms with E-state index >= 15 is 0 Å². The number of carbonyl (C=O) groups excluding carboxylic acids is 1. The second-order valence-electron chi connectivity index (χ2n) is 3.56. The van der Waals surface area contributed by atoms with Crippen LogP contribution >= 0.6 is 0 Å². The molecule has 0 saturated heterocycles. The van der Waals surface area contributed by atoms with Crippen LogP contribution in [0.1, 0.15) is 32.1 Å². The molecule has 0 aliphatic rings. The summed E-state index contributed by atoms with van der Waals surface area (Å²) in [5, 5.41) is 18.7. The molecule has 0 aromatic rings. The zero-order valence-electron chi connectivity index (χ0n) is 9.87. The predicted molar refractivity (Wildman–Crippen MR) is 52.7 cm³/mol. The summed E-state index contributed by atoms with van der Waals surface area (Å²) in [5.41, 5.74) is 0. The fourth-order valence-electron chi connectivity index (χ4n) is 1.29. The predicted octanol–water partition coefficient (Wildman–Crippen LogP) is -3.39. The Morgan fingerprint density at radius 3 is 2.33 bits per heavy atom. The maximum atomic E-state index is 10.1. The van der Waals surface area contributed by atoms with E-state index in [9.17, 15) is 9.90 Å². The molecule has 0 radical (unpaired) electrons. The zero-order chi connectivity index (χ0) is 10.8. The molecule has 0 saturated carbocycles. The van der Waals surface area contributed by atoms with Crippen LogP contribution < -0.4 is 34.7 Å². The first-order valence-corrected chi connectivity index (χ1v) is 5.16. The summed E-state index contributed by atoms with van der Waals surface area (Å²) < 4.78 is 0. The van der Waals surface area contributed by atoms with Crippen LogP contribution in [0.2, 0.25) is 0 Å². The molecule has 0 aliphatic heterocycles. The maximum Gasteiger partial charge on any atom is 1.00 e. The van der Waals surface area contributed by atoms with Crippen LogP contribution in [-0.4, -0.2) is 42.7 Å². The van der Waals surface area contributed by atoms with Gasteiger partial charge in [0.05, 0.1) is 6.61 Å². The smallest absolute Gasteiger partial charge is 0.550 e. The van der Waals surface area contributed by atoms with Crippen LogP contribution in [0.25, 0.3) is 0 Å². The number of carbonyl (C=O) groups is 1. The Hall–Kier alpha value is 0.390. The van der Waals surface area contributed by atoms with Gasteiger partial charge in [-0.3, -0.25) is 0 Å². The molecule has 1 N–H and O–H groups in total. The van der Waals surface area contributed by atoms with E-state index in [1.165, 1.54) is 0 Å². The van der Waals surface area contributed by atoms with E-state index in [0.29, 0.717) is 13.0 Å². The summed E-state index contributed by atoms with van der Waals surface area (Å²) in [5.74, 6) is -0.956. The number of carboxylic acids is 1. The minimum atomic E-state index is -0.956. The molecular weight excluding hydrogens is 205 g/mol. The molecule has 0 aromatic carbocycles. The van der Waals surface area contributed by atoms with E-state index in [0.717, 1.165) is 25.8 Å². The third kappa shape index (κ3) is 14.4. The van der Waals surface area contributed by atoms with Gasteiger partial charge in [-0.2, -0.15) is 0 Å². The third-order valence-corrected chi connectivity index (χ3v) is 2.15. The average molecular weight is 225 g/mol. The molecule has 0 aromatic heterocycles. The van der Waals surface area contributed by atoms with Gasteiger partial charge in [0.25, 0.3) is 0 Å². The summed E-state index contributed by atoms with van der Waals surface area (Å²) in [4.78, 5) is 12.1. The Labute approximate surface area is 114 Å². The number of hydrogen-bond donors (Lipinski definition) is 1. The quantitative estimate of drug-likeness (QED) is 0.328. The number of nitrogens with zero attached hydrogens (tertiary/aromatic N) is 1. The molecule has 0 amide bonds. The molecule has 0 fully saturated rings. The van der Waals surface area contributed by atoms with Crippen molar-refractivity contribution in [1.29, 1.82) is 0 Å². The van der Waals surface area contributed by atoms with Crippen LogP contribution in [0.15, 0.2) is 0 Å². The van der Waals surface area contributed by atoms with Crippen molar-refractivity contribution in [2.24, 2.45) is 0 Å². The first-order chi connectivity index (χ1) is 6.66. The number of aliphatic hydroxyl groups excluding tert-OH is 1. The van der Waals surface area contributed by atoms with Crippen LogP contribution in [0, 0.1) is 0 Å². The minimum Gasteiger partial charge on any atom is -0.550 e. The zero-order valence-corrected chi connectivity index (χ0v) is 11.9. The summed E-state index contributed by atoms with van der Waals surface area (Å²) in [6, 6.07) is 0. The molecule has 84 valence electrons. The number of aliphatic hydroxyl groups is 1. The van der Waals surface area contributed by atoms with Crippen molar-refractivity contribution in [3.63, 3.8) is 0 Å². The molecule has 0 unspecified atom stereocenters. The number of aliphatic carboxylic acids is 1. The Bertz CT molecular complexity index is 156. The van der Waals surface area contributed by atoms with Gasteiger partial charge in [0, 0.05) is 12.5 Å². The second-order valence-corrected chi connectivity index (χ2v) is 3.56. The van der Waals surface area contributed by atoms with Crippen molar-refractivity contribution >= 4 is 5.97 Å².